The van der Waals surface area contributed by atoms with Gasteiger partial charge in [-0.1, -0.05) is 12.1 Å². The molecule has 0 saturated carbocycles. The number of phenolic OH excluding ortho intramolecular Hbond substituents is 1. The largest absolute Gasteiger partial charge is 0.508 e. The van der Waals surface area contributed by atoms with Gasteiger partial charge in [0.05, 0.1) is 25.1 Å². The number of hydrogen-bond donors (Lipinski definition) is 11. The summed E-state index contributed by atoms with van der Waals surface area (Å²) in [5, 5.41) is 37.1. The summed E-state index contributed by atoms with van der Waals surface area (Å²) in [5.41, 5.74) is 22.4. The van der Waals surface area contributed by atoms with Gasteiger partial charge < -0.3 is 59.5 Å². The van der Waals surface area contributed by atoms with Gasteiger partial charge in [0.15, 0.2) is 12.0 Å². The highest BCUT2D eigenvalue weighted by molar-refractivity contribution is 5.95. The van der Waals surface area contributed by atoms with Crippen LogP contribution in [0, 0.1) is 0 Å². The number of aromatic hydroxyl groups is 1. The fourth-order valence-electron chi connectivity index (χ4n) is 3.62. The number of guanidine groups is 1. The number of aliphatic carboxylic acids is 1. The number of aliphatic hydroxyl groups is 1. The van der Waals surface area contributed by atoms with Crippen molar-refractivity contribution in [1.29, 1.82) is 0 Å². The van der Waals surface area contributed by atoms with Crippen LogP contribution in [0.2, 0.25) is 0 Å². The number of amides is 5. The minimum Gasteiger partial charge on any atom is -0.508 e. The predicted octanol–water partition coefficient (Wildman–Crippen LogP) is -4.77. The first-order valence-electron chi connectivity index (χ1n) is 13.1. The molecule has 0 radical (unpaired) electrons. The van der Waals surface area contributed by atoms with E-state index in [1.54, 1.807) is 12.1 Å². The van der Waals surface area contributed by atoms with Crippen molar-refractivity contribution < 1.29 is 44.1 Å². The number of aliphatic hydroxyl groups excluding tert-OH is 1. The maximum atomic E-state index is 12.9. The van der Waals surface area contributed by atoms with Crippen molar-refractivity contribution in [2.45, 2.75) is 62.9 Å². The summed E-state index contributed by atoms with van der Waals surface area (Å²) >= 11 is 0. The molecule has 0 saturated heterocycles. The standard InChI is InChI=1S/C25H39N9O9/c1-12(35)20(24(42)43)34-23(41)17(10-18(27)37)32-19(38)11-31-22(40)16(3-2-8-30-25(28)29)33-21(39)15(26)9-13-4-6-14(36)7-5-13/h4-7,12,15-17,20,35-36H,2-3,8-11,26H2,1H3,(H2,27,37)(H,31,40)(H,32,38)(H,33,39)(H,34,41)(H,42,43)(H4,28,29,30)/t12-,15+,16-,17-,20+/m1/s1. The van der Waals surface area contributed by atoms with Gasteiger partial charge in [-0.05, 0) is 43.9 Å². The molecule has 5 atom stereocenters. The molecule has 238 valence electrons. The van der Waals surface area contributed by atoms with Crippen molar-refractivity contribution in [1.82, 2.24) is 21.3 Å². The average molecular weight is 610 g/mol. The zero-order chi connectivity index (χ0) is 32.7. The van der Waals surface area contributed by atoms with E-state index in [0.29, 0.717) is 5.56 Å². The molecular formula is C25H39N9O9. The quantitative estimate of drug-likeness (QED) is 0.0424. The Balaban J connectivity index is 2.88. The molecular weight excluding hydrogens is 570 g/mol. The molecule has 5 amide bonds. The molecule has 0 spiro atoms. The Bertz CT molecular complexity index is 1170. The number of carboxylic acids is 1. The van der Waals surface area contributed by atoms with Crippen LogP contribution in [0.1, 0.15) is 31.7 Å². The summed E-state index contributed by atoms with van der Waals surface area (Å²) in [4.78, 5) is 77.2. The molecule has 1 aromatic carbocycles. The number of nitrogens with one attached hydrogen (secondary N) is 4. The van der Waals surface area contributed by atoms with Crippen molar-refractivity contribution in [3.8, 4) is 5.75 Å². The van der Waals surface area contributed by atoms with E-state index in [1.807, 2.05) is 5.32 Å². The predicted molar refractivity (Wildman–Crippen MR) is 152 cm³/mol. The number of benzene rings is 1. The second kappa shape index (κ2) is 17.8. The minimum absolute atomic E-state index is 0.0362. The van der Waals surface area contributed by atoms with Crippen molar-refractivity contribution >= 4 is 41.5 Å². The Kier molecular flexibility index (Phi) is 14.9. The van der Waals surface area contributed by atoms with Gasteiger partial charge in [-0.25, -0.2) is 4.79 Å². The summed E-state index contributed by atoms with van der Waals surface area (Å²) in [6, 6.07) is 0.438. The van der Waals surface area contributed by atoms with Gasteiger partial charge in [-0.3, -0.25) is 29.0 Å². The number of nitrogens with two attached hydrogens (primary N) is 4. The number of nitrogens with zero attached hydrogens (tertiary/aromatic N) is 1. The minimum atomic E-state index is -1.73. The third kappa shape index (κ3) is 14.0. The monoisotopic (exact) mass is 609 g/mol. The number of hydrogen-bond acceptors (Lipinski definition) is 10. The van der Waals surface area contributed by atoms with Crippen molar-refractivity contribution in [2.75, 3.05) is 13.1 Å². The molecule has 0 aliphatic heterocycles. The highest BCUT2D eigenvalue weighted by Gasteiger charge is 2.31. The van der Waals surface area contributed by atoms with Gasteiger partial charge in [0.2, 0.25) is 29.5 Å². The smallest absolute Gasteiger partial charge is 0.328 e. The van der Waals surface area contributed by atoms with Gasteiger partial charge in [0.25, 0.3) is 0 Å². The third-order valence-electron chi connectivity index (χ3n) is 5.83. The van der Waals surface area contributed by atoms with Crippen LogP contribution in [0.3, 0.4) is 0 Å². The van der Waals surface area contributed by atoms with Crippen LogP contribution < -0.4 is 44.2 Å². The summed E-state index contributed by atoms with van der Waals surface area (Å²) in [7, 11) is 0. The van der Waals surface area contributed by atoms with Gasteiger partial charge in [0, 0.05) is 6.54 Å². The molecule has 0 aromatic heterocycles. The maximum absolute atomic E-state index is 12.9. The second-order valence-electron chi connectivity index (χ2n) is 9.56. The topological polar surface area (TPSA) is 328 Å². The van der Waals surface area contributed by atoms with E-state index >= 15 is 0 Å². The zero-order valence-corrected chi connectivity index (χ0v) is 23.5. The molecule has 1 rings (SSSR count). The van der Waals surface area contributed by atoms with Crippen molar-refractivity contribution in [3.63, 3.8) is 0 Å². The number of aliphatic imine (C=N–C) groups is 1. The number of phenols is 1. The third-order valence-corrected chi connectivity index (χ3v) is 5.83. The number of carboxylic acid groups (broad SMARTS) is 1. The molecule has 0 aliphatic rings. The molecule has 43 heavy (non-hydrogen) atoms. The normalized spacial score (nSPS) is 14.1. The van der Waals surface area contributed by atoms with Gasteiger partial charge in [0.1, 0.15) is 17.8 Å². The van der Waals surface area contributed by atoms with E-state index in [9.17, 15) is 39.0 Å². The van der Waals surface area contributed by atoms with E-state index in [-0.39, 0.29) is 37.5 Å². The van der Waals surface area contributed by atoms with Crippen LogP contribution in [0.25, 0.3) is 0 Å². The summed E-state index contributed by atoms with van der Waals surface area (Å²) < 4.78 is 0. The molecule has 0 unspecified atom stereocenters. The first-order valence-corrected chi connectivity index (χ1v) is 13.1. The van der Waals surface area contributed by atoms with Crippen LogP contribution in [0.4, 0.5) is 0 Å². The lowest BCUT2D eigenvalue weighted by Gasteiger charge is -2.23. The fraction of sp³-hybridized carbons (Fsp3) is 0.480. The van der Waals surface area contributed by atoms with Crippen LogP contribution >= 0.6 is 0 Å². The Morgan fingerprint density at radius 3 is 2.07 bits per heavy atom. The number of carbonyl (C=O) groups excluding carboxylic acids is 5. The number of carbonyl (C=O) groups is 6. The van der Waals surface area contributed by atoms with E-state index < -0.39 is 78.7 Å². The van der Waals surface area contributed by atoms with Gasteiger partial charge >= 0.3 is 5.97 Å². The molecule has 18 heteroatoms. The van der Waals surface area contributed by atoms with E-state index in [1.165, 1.54) is 12.1 Å². The first-order chi connectivity index (χ1) is 20.1. The first kappa shape index (κ1) is 36.1. The van der Waals surface area contributed by atoms with E-state index in [4.69, 9.17) is 28.0 Å². The highest BCUT2D eigenvalue weighted by atomic mass is 16.4. The van der Waals surface area contributed by atoms with Crippen molar-refractivity contribution in [3.05, 3.63) is 29.8 Å². The molecule has 0 aliphatic carbocycles. The highest BCUT2D eigenvalue weighted by Crippen LogP contribution is 2.11. The molecule has 18 nitrogen and oxygen atoms in total. The van der Waals surface area contributed by atoms with Gasteiger partial charge in [-0.15, -0.1) is 0 Å². The molecule has 0 fully saturated rings. The lowest BCUT2D eigenvalue weighted by molar-refractivity contribution is -0.145. The van der Waals surface area contributed by atoms with Crippen LogP contribution in [0.15, 0.2) is 29.3 Å². The van der Waals surface area contributed by atoms with Gasteiger partial charge in [-0.2, -0.15) is 0 Å². The van der Waals surface area contributed by atoms with E-state index in [2.05, 4.69) is 20.9 Å². The van der Waals surface area contributed by atoms with Crippen molar-refractivity contribution in [2.24, 2.45) is 27.9 Å². The molecule has 0 bridgehead atoms. The van der Waals surface area contributed by atoms with Crippen LogP contribution in [-0.4, -0.2) is 100 Å². The molecule has 1 aromatic rings. The summed E-state index contributed by atoms with van der Waals surface area (Å²) in [6.45, 7) is 0.540. The number of primary amides is 1. The SMILES string of the molecule is C[C@@H](O)[C@H](NC(=O)[C@@H](CC(N)=O)NC(=O)CNC(=O)[C@@H](CCCN=C(N)N)NC(=O)[C@@H](N)Cc1ccc(O)cc1)C(=O)O. The Hall–Kier alpha value is -4.97. The number of rotatable bonds is 18. The summed E-state index contributed by atoms with van der Waals surface area (Å²) in [6.07, 6.45) is -1.81. The maximum Gasteiger partial charge on any atom is 0.328 e. The molecule has 0 heterocycles. The lowest BCUT2D eigenvalue weighted by Crippen LogP contribution is -2.57. The average Bonchev–Trinajstić information content (AvgIpc) is 2.91. The lowest BCUT2D eigenvalue weighted by atomic mass is 10.0. The molecule has 15 N–H and O–H groups in total. The summed E-state index contributed by atoms with van der Waals surface area (Å²) in [5.74, 6) is -6.22. The zero-order valence-electron chi connectivity index (χ0n) is 23.5. The van der Waals surface area contributed by atoms with E-state index in [0.717, 1.165) is 6.92 Å². The van der Waals surface area contributed by atoms with Crippen LogP contribution in [0.5, 0.6) is 5.75 Å². The fourth-order valence-corrected chi connectivity index (χ4v) is 3.62. The Labute approximate surface area is 246 Å². The Morgan fingerprint density at radius 2 is 1.53 bits per heavy atom. The second-order valence-corrected chi connectivity index (χ2v) is 9.56. The Morgan fingerprint density at radius 1 is 0.907 bits per heavy atom. The van der Waals surface area contributed by atoms with Crippen LogP contribution in [-0.2, 0) is 35.2 Å².